The van der Waals surface area contributed by atoms with Crippen LogP contribution in [0.2, 0.25) is 5.02 Å². The predicted molar refractivity (Wildman–Crippen MR) is 57.7 cm³/mol. The maximum absolute atomic E-state index is 13.3. The van der Waals surface area contributed by atoms with Gasteiger partial charge in [-0.3, -0.25) is 0 Å². The third-order valence-corrected chi connectivity index (χ3v) is 3.40. The fraction of sp³-hybridized carbons (Fsp3) is 0.455. The number of methoxy groups -OCH3 is 1. The van der Waals surface area contributed by atoms with Gasteiger partial charge in [-0.15, -0.1) is 0 Å². The molecule has 0 bridgehead atoms. The number of ether oxygens (including phenoxy) is 1. The predicted octanol–water partition coefficient (Wildman–Crippen LogP) is 2.83. The molecule has 2 nitrogen and oxygen atoms in total. The number of rotatable bonds is 2. The molecule has 0 aromatic heterocycles. The zero-order valence-corrected chi connectivity index (χ0v) is 9.27. The van der Waals surface area contributed by atoms with Gasteiger partial charge in [0.25, 0.3) is 0 Å². The van der Waals surface area contributed by atoms with Crippen LogP contribution >= 0.6 is 11.6 Å². The van der Waals surface area contributed by atoms with Crippen molar-refractivity contribution >= 4 is 11.6 Å². The van der Waals surface area contributed by atoms with Crippen LogP contribution in [0.1, 0.15) is 24.8 Å². The van der Waals surface area contributed by atoms with Gasteiger partial charge in [-0.25, -0.2) is 4.39 Å². The van der Waals surface area contributed by atoms with Crippen molar-refractivity contribution in [1.82, 2.24) is 0 Å². The second-order valence-corrected chi connectivity index (χ2v) is 4.36. The van der Waals surface area contributed by atoms with E-state index in [2.05, 4.69) is 0 Å². The number of halogens is 2. The molecule has 1 fully saturated rings. The van der Waals surface area contributed by atoms with Crippen LogP contribution in [0.25, 0.3) is 0 Å². The zero-order valence-electron chi connectivity index (χ0n) is 8.52. The molecule has 2 rings (SSSR count). The molecule has 4 heteroatoms. The molecule has 1 saturated carbocycles. The Morgan fingerprint density at radius 3 is 2.60 bits per heavy atom. The molecule has 15 heavy (non-hydrogen) atoms. The lowest BCUT2D eigenvalue weighted by Crippen LogP contribution is -2.43. The number of nitrogens with two attached hydrogens (primary N) is 1. The number of benzene rings is 1. The van der Waals surface area contributed by atoms with E-state index in [1.54, 1.807) is 0 Å². The van der Waals surface area contributed by atoms with Gasteiger partial charge in [0, 0.05) is 11.6 Å². The van der Waals surface area contributed by atoms with Gasteiger partial charge in [-0.05, 0) is 30.9 Å². The molecule has 0 unspecified atom stereocenters. The van der Waals surface area contributed by atoms with E-state index in [0.29, 0.717) is 16.3 Å². The van der Waals surface area contributed by atoms with Gasteiger partial charge in [-0.1, -0.05) is 11.6 Å². The number of hydrogen-bond acceptors (Lipinski definition) is 2. The third-order valence-electron chi connectivity index (χ3n) is 3.01. The highest BCUT2D eigenvalue weighted by molar-refractivity contribution is 6.33. The minimum atomic E-state index is -0.466. The highest BCUT2D eigenvalue weighted by atomic mass is 35.5. The van der Waals surface area contributed by atoms with Gasteiger partial charge in [-0.2, -0.15) is 0 Å². The van der Waals surface area contributed by atoms with Crippen molar-refractivity contribution in [3.8, 4) is 5.75 Å². The van der Waals surface area contributed by atoms with Crippen LogP contribution in [0.15, 0.2) is 12.1 Å². The Balaban J connectivity index is 2.50. The molecule has 1 aliphatic rings. The lowest BCUT2D eigenvalue weighted by Gasteiger charge is -2.39. The van der Waals surface area contributed by atoms with Crippen molar-refractivity contribution in [1.29, 1.82) is 0 Å². The summed E-state index contributed by atoms with van der Waals surface area (Å²) in [6.07, 6.45) is 2.75. The summed E-state index contributed by atoms with van der Waals surface area (Å²) in [5.41, 5.74) is 6.30. The lowest BCUT2D eigenvalue weighted by molar-refractivity contribution is 0.252. The Labute approximate surface area is 93.2 Å². The average Bonchev–Trinajstić information content (AvgIpc) is 2.17. The van der Waals surface area contributed by atoms with Gasteiger partial charge in [0.2, 0.25) is 0 Å². The fourth-order valence-corrected chi connectivity index (χ4v) is 2.28. The highest BCUT2D eigenvalue weighted by Crippen LogP contribution is 2.44. The molecule has 82 valence electrons. The minimum Gasteiger partial charge on any atom is -0.495 e. The Morgan fingerprint density at radius 2 is 2.13 bits per heavy atom. The van der Waals surface area contributed by atoms with Crippen LogP contribution in [0, 0.1) is 5.82 Å². The molecule has 0 amide bonds. The van der Waals surface area contributed by atoms with Crippen molar-refractivity contribution in [2.75, 3.05) is 7.11 Å². The molecule has 1 aliphatic carbocycles. The molecule has 0 saturated heterocycles. The van der Waals surface area contributed by atoms with Crippen LogP contribution in [0.3, 0.4) is 0 Å². The normalized spacial score (nSPS) is 18.4. The first-order valence-electron chi connectivity index (χ1n) is 4.89. The highest BCUT2D eigenvalue weighted by Gasteiger charge is 2.37. The summed E-state index contributed by atoms with van der Waals surface area (Å²) in [6, 6.07) is 2.68. The molecule has 0 spiro atoms. The summed E-state index contributed by atoms with van der Waals surface area (Å²) in [4.78, 5) is 0. The van der Waals surface area contributed by atoms with Gasteiger partial charge >= 0.3 is 0 Å². The summed E-state index contributed by atoms with van der Waals surface area (Å²) in [7, 11) is 1.47. The second-order valence-electron chi connectivity index (χ2n) is 3.98. The minimum absolute atomic E-state index is 0.350. The first-order valence-corrected chi connectivity index (χ1v) is 5.27. The van der Waals surface area contributed by atoms with E-state index >= 15 is 0 Å². The largest absolute Gasteiger partial charge is 0.495 e. The van der Waals surface area contributed by atoms with Crippen molar-refractivity contribution in [3.05, 3.63) is 28.5 Å². The van der Waals surface area contributed by atoms with Gasteiger partial charge in [0.15, 0.2) is 0 Å². The summed E-state index contributed by atoms with van der Waals surface area (Å²) < 4.78 is 18.3. The average molecular weight is 230 g/mol. The molecule has 1 aromatic rings. The molecule has 2 N–H and O–H groups in total. The molecule has 0 radical (unpaired) electrons. The lowest BCUT2D eigenvalue weighted by atomic mass is 9.72. The summed E-state index contributed by atoms with van der Waals surface area (Å²) in [5, 5.41) is 0.432. The Kier molecular flexibility index (Phi) is 2.61. The van der Waals surface area contributed by atoms with Crippen LogP contribution in [0.4, 0.5) is 4.39 Å². The zero-order chi connectivity index (χ0) is 11.1. The monoisotopic (exact) mass is 229 g/mol. The molecule has 1 aromatic carbocycles. The first-order chi connectivity index (χ1) is 7.07. The SMILES string of the molecule is COc1cc(F)cc(C2(N)CCC2)c1Cl. The maximum atomic E-state index is 13.3. The summed E-state index contributed by atoms with van der Waals surface area (Å²) in [6.45, 7) is 0. The standard InChI is InChI=1S/C11H13ClFNO/c1-15-9-6-7(13)5-8(10(9)12)11(14)3-2-4-11/h5-6H,2-4,14H2,1H3. The molecular weight excluding hydrogens is 217 g/mol. The van der Waals surface area contributed by atoms with Crippen LogP contribution in [0.5, 0.6) is 5.75 Å². The van der Waals surface area contributed by atoms with E-state index in [4.69, 9.17) is 22.1 Å². The Bertz CT molecular complexity index is 390. The van der Waals surface area contributed by atoms with Crippen molar-refractivity contribution in [2.45, 2.75) is 24.8 Å². The molecular formula is C11H13ClFNO. The molecule has 0 heterocycles. The second kappa shape index (κ2) is 3.65. The summed E-state index contributed by atoms with van der Waals surface area (Å²) in [5.74, 6) is -0.00799. The fourth-order valence-electron chi connectivity index (χ4n) is 1.90. The van der Waals surface area contributed by atoms with Crippen molar-refractivity contribution in [2.24, 2.45) is 5.73 Å². The maximum Gasteiger partial charge on any atom is 0.140 e. The van der Waals surface area contributed by atoms with Gasteiger partial charge < -0.3 is 10.5 Å². The van der Waals surface area contributed by atoms with Crippen molar-refractivity contribution in [3.63, 3.8) is 0 Å². The third kappa shape index (κ3) is 1.70. The van der Waals surface area contributed by atoms with Crippen LogP contribution in [-0.2, 0) is 5.54 Å². The summed E-state index contributed by atoms with van der Waals surface area (Å²) >= 11 is 6.11. The topological polar surface area (TPSA) is 35.2 Å². The van der Waals surface area contributed by atoms with E-state index in [-0.39, 0.29) is 5.82 Å². The molecule has 0 aliphatic heterocycles. The van der Waals surface area contributed by atoms with E-state index in [1.165, 1.54) is 19.2 Å². The van der Waals surface area contributed by atoms with E-state index in [1.807, 2.05) is 0 Å². The first kappa shape index (κ1) is 10.7. The Hall–Kier alpha value is -0.800. The van der Waals surface area contributed by atoms with E-state index in [0.717, 1.165) is 19.3 Å². The smallest absolute Gasteiger partial charge is 0.140 e. The van der Waals surface area contributed by atoms with Crippen LogP contribution < -0.4 is 10.5 Å². The van der Waals surface area contributed by atoms with Crippen LogP contribution in [-0.4, -0.2) is 7.11 Å². The van der Waals surface area contributed by atoms with E-state index < -0.39 is 5.54 Å². The number of hydrogen-bond donors (Lipinski definition) is 1. The quantitative estimate of drug-likeness (QED) is 0.847. The van der Waals surface area contributed by atoms with E-state index in [9.17, 15) is 4.39 Å². The van der Waals surface area contributed by atoms with Gasteiger partial charge in [0.05, 0.1) is 12.1 Å². The van der Waals surface area contributed by atoms with Gasteiger partial charge in [0.1, 0.15) is 11.6 Å². The Morgan fingerprint density at radius 1 is 1.47 bits per heavy atom. The molecule has 0 atom stereocenters. The van der Waals surface area contributed by atoms with Crippen molar-refractivity contribution < 1.29 is 9.13 Å².